The van der Waals surface area contributed by atoms with Crippen LogP contribution in [0.25, 0.3) is 0 Å². The summed E-state index contributed by atoms with van der Waals surface area (Å²) in [5, 5.41) is 2.69. The number of carbonyl (C=O) groups excluding carboxylic acids is 1. The van der Waals surface area contributed by atoms with E-state index in [1.165, 1.54) is 6.07 Å². The number of amides is 1. The van der Waals surface area contributed by atoms with E-state index in [0.717, 1.165) is 17.8 Å². The number of pyridine rings is 1. The van der Waals surface area contributed by atoms with Crippen molar-refractivity contribution in [3.05, 3.63) is 65.5 Å². The van der Waals surface area contributed by atoms with Crippen LogP contribution < -0.4 is 10.2 Å². The molecule has 0 radical (unpaired) electrons. The number of nitrogens with one attached hydrogen (secondary N) is 1. The molecule has 0 aliphatic carbocycles. The van der Waals surface area contributed by atoms with Gasteiger partial charge >= 0.3 is 6.18 Å². The number of carbonyl (C=O) groups is 1. The Kier molecular flexibility index (Phi) is 7.73. The number of furan rings is 1. The predicted molar refractivity (Wildman–Crippen MR) is 114 cm³/mol. The molecule has 7 nitrogen and oxygen atoms in total. The summed E-state index contributed by atoms with van der Waals surface area (Å²) in [5.74, 6) is 0.501. The summed E-state index contributed by atoms with van der Waals surface area (Å²) >= 11 is 1.01. The van der Waals surface area contributed by atoms with E-state index in [0.29, 0.717) is 24.5 Å². The molecule has 1 amide bonds. The van der Waals surface area contributed by atoms with Gasteiger partial charge in [0.2, 0.25) is 0 Å². The fraction of sp³-hybridized carbons (Fsp3) is 0.333. The molecule has 170 valence electrons. The Morgan fingerprint density at radius 1 is 1.16 bits per heavy atom. The van der Waals surface area contributed by atoms with Gasteiger partial charge in [0.05, 0.1) is 18.0 Å². The van der Waals surface area contributed by atoms with E-state index < -0.39 is 17.8 Å². The van der Waals surface area contributed by atoms with Gasteiger partial charge in [-0.2, -0.15) is 13.2 Å². The maximum atomic E-state index is 13.3. The third kappa shape index (κ3) is 6.22. The van der Waals surface area contributed by atoms with Crippen molar-refractivity contribution < 1.29 is 22.4 Å². The number of rotatable bonds is 9. The molecule has 3 aromatic rings. The first-order valence-corrected chi connectivity index (χ1v) is 10.9. The van der Waals surface area contributed by atoms with Crippen LogP contribution in [0.5, 0.6) is 0 Å². The molecule has 0 bridgehead atoms. The Morgan fingerprint density at radius 2 is 1.94 bits per heavy atom. The highest BCUT2D eigenvalue weighted by molar-refractivity contribution is 7.98. The molecule has 0 aromatic carbocycles. The molecule has 11 heteroatoms. The fourth-order valence-corrected chi connectivity index (χ4v) is 3.55. The zero-order valence-corrected chi connectivity index (χ0v) is 18.3. The van der Waals surface area contributed by atoms with E-state index in [2.05, 4.69) is 20.3 Å². The lowest BCUT2D eigenvalue weighted by molar-refractivity contribution is -0.141. The molecule has 3 rings (SSSR count). The van der Waals surface area contributed by atoms with Gasteiger partial charge in [-0.3, -0.25) is 9.78 Å². The number of aromatic nitrogens is 3. The molecular formula is C21H22F3N5O2S. The first-order valence-electron chi connectivity index (χ1n) is 9.91. The molecule has 0 saturated heterocycles. The van der Waals surface area contributed by atoms with E-state index in [1.54, 1.807) is 29.3 Å². The van der Waals surface area contributed by atoms with Crippen molar-refractivity contribution in [2.24, 2.45) is 0 Å². The van der Waals surface area contributed by atoms with Crippen LogP contribution in [0.15, 0.2) is 52.2 Å². The van der Waals surface area contributed by atoms with Crippen LogP contribution >= 0.6 is 11.8 Å². The molecule has 0 fully saturated rings. The predicted octanol–water partition coefficient (Wildman–Crippen LogP) is 4.55. The highest BCUT2D eigenvalue weighted by Gasteiger charge is 2.34. The molecular weight excluding hydrogens is 443 g/mol. The lowest BCUT2D eigenvalue weighted by Gasteiger charge is -2.21. The minimum atomic E-state index is -4.58. The largest absolute Gasteiger partial charge is 0.455 e. The van der Waals surface area contributed by atoms with Crippen LogP contribution in [0, 0.1) is 0 Å². The second-order valence-corrected chi connectivity index (χ2v) is 7.56. The zero-order valence-electron chi connectivity index (χ0n) is 17.5. The monoisotopic (exact) mass is 465 g/mol. The van der Waals surface area contributed by atoms with E-state index >= 15 is 0 Å². The van der Waals surface area contributed by atoms with E-state index in [4.69, 9.17) is 4.42 Å². The minimum Gasteiger partial charge on any atom is -0.455 e. The molecule has 0 spiro atoms. The normalized spacial score (nSPS) is 11.4. The molecule has 0 atom stereocenters. The third-order valence-electron chi connectivity index (χ3n) is 4.46. The number of thioether (sulfide) groups is 1. The van der Waals surface area contributed by atoms with Crippen molar-refractivity contribution in [3.8, 4) is 0 Å². The molecule has 3 aromatic heterocycles. The average molecular weight is 466 g/mol. The van der Waals surface area contributed by atoms with E-state index in [9.17, 15) is 18.0 Å². The third-order valence-corrected chi connectivity index (χ3v) is 5.32. The van der Waals surface area contributed by atoms with Gasteiger partial charge in [0.1, 0.15) is 11.6 Å². The second-order valence-electron chi connectivity index (χ2n) is 6.62. The van der Waals surface area contributed by atoms with Crippen LogP contribution in [0.4, 0.5) is 19.0 Å². The number of anilines is 1. The number of halogens is 3. The van der Waals surface area contributed by atoms with Crippen molar-refractivity contribution in [2.45, 2.75) is 37.5 Å². The van der Waals surface area contributed by atoms with Crippen LogP contribution in [-0.2, 0) is 18.5 Å². The molecule has 0 saturated carbocycles. The average Bonchev–Trinajstić information content (AvgIpc) is 3.26. The Bertz CT molecular complexity index is 1040. The second kappa shape index (κ2) is 10.5. The topological polar surface area (TPSA) is 84.2 Å². The number of nitrogens with zero attached hydrogens (tertiary/aromatic N) is 4. The van der Waals surface area contributed by atoms with Crippen molar-refractivity contribution >= 4 is 23.5 Å². The Hall–Kier alpha value is -3.08. The quantitative estimate of drug-likeness (QED) is 0.367. The summed E-state index contributed by atoms with van der Waals surface area (Å²) in [4.78, 5) is 26.0. The summed E-state index contributed by atoms with van der Waals surface area (Å²) in [7, 11) is 0. The molecule has 1 N–H and O–H groups in total. The lowest BCUT2D eigenvalue weighted by atomic mass is 10.3. The number of hydrogen-bond donors (Lipinski definition) is 1. The van der Waals surface area contributed by atoms with Gasteiger partial charge in [-0.25, -0.2) is 9.97 Å². The minimum absolute atomic E-state index is 0.0146. The van der Waals surface area contributed by atoms with Gasteiger partial charge < -0.3 is 14.6 Å². The first kappa shape index (κ1) is 23.6. The fourth-order valence-electron chi connectivity index (χ4n) is 2.81. The molecule has 32 heavy (non-hydrogen) atoms. The maximum Gasteiger partial charge on any atom is 0.433 e. The lowest BCUT2D eigenvalue weighted by Crippen LogP contribution is -2.24. The van der Waals surface area contributed by atoms with Gasteiger partial charge in [0.25, 0.3) is 5.91 Å². The van der Waals surface area contributed by atoms with Crippen molar-refractivity contribution in [2.75, 3.05) is 18.0 Å². The highest BCUT2D eigenvalue weighted by Crippen LogP contribution is 2.32. The van der Waals surface area contributed by atoms with Crippen molar-refractivity contribution in [1.29, 1.82) is 0 Å². The summed E-state index contributed by atoms with van der Waals surface area (Å²) < 4.78 is 45.4. The SMILES string of the molecule is CCN(CC)c1cc(C(F)(F)F)nc(SCc2ccc(C(=O)NCc3ccccn3)o2)n1. The van der Waals surface area contributed by atoms with Gasteiger partial charge in [-0.05, 0) is 38.1 Å². The summed E-state index contributed by atoms with van der Waals surface area (Å²) in [6.07, 6.45) is -2.95. The Labute approximate surface area is 187 Å². The molecule has 3 heterocycles. The van der Waals surface area contributed by atoms with Gasteiger partial charge in [0.15, 0.2) is 16.6 Å². The zero-order chi connectivity index (χ0) is 23.1. The smallest absolute Gasteiger partial charge is 0.433 e. The summed E-state index contributed by atoms with van der Waals surface area (Å²) in [6.45, 7) is 4.97. The van der Waals surface area contributed by atoms with Crippen LogP contribution in [0.3, 0.4) is 0 Å². The first-order chi connectivity index (χ1) is 15.3. The van der Waals surface area contributed by atoms with Gasteiger partial charge in [-0.1, -0.05) is 17.8 Å². The van der Waals surface area contributed by atoms with Crippen LogP contribution in [-0.4, -0.2) is 33.9 Å². The summed E-state index contributed by atoms with van der Waals surface area (Å²) in [5.41, 5.74) is -0.292. The number of alkyl halides is 3. The van der Waals surface area contributed by atoms with Gasteiger partial charge in [0, 0.05) is 25.4 Å². The van der Waals surface area contributed by atoms with Crippen molar-refractivity contribution in [3.63, 3.8) is 0 Å². The van der Waals surface area contributed by atoms with E-state index in [1.807, 2.05) is 19.9 Å². The highest BCUT2D eigenvalue weighted by atomic mass is 32.2. The van der Waals surface area contributed by atoms with Crippen LogP contribution in [0.2, 0.25) is 0 Å². The molecule has 0 aliphatic heterocycles. The Morgan fingerprint density at radius 3 is 2.59 bits per heavy atom. The van der Waals surface area contributed by atoms with Crippen molar-refractivity contribution in [1.82, 2.24) is 20.3 Å². The van der Waals surface area contributed by atoms with Gasteiger partial charge in [-0.15, -0.1) is 0 Å². The Balaban J connectivity index is 1.67. The molecule has 0 unspecified atom stereocenters. The van der Waals surface area contributed by atoms with Crippen LogP contribution in [0.1, 0.15) is 41.6 Å². The summed E-state index contributed by atoms with van der Waals surface area (Å²) in [6, 6.07) is 9.44. The molecule has 0 aliphatic rings. The van der Waals surface area contributed by atoms with E-state index in [-0.39, 0.29) is 29.0 Å². The standard InChI is InChI=1S/C21H22F3N5O2S/c1-3-29(4-2)18-11-17(21(22,23)24)27-20(28-18)32-13-15-8-9-16(31-15)19(30)26-12-14-7-5-6-10-25-14/h5-11H,3-4,12-13H2,1-2H3,(H,26,30). The number of hydrogen-bond acceptors (Lipinski definition) is 7. The maximum absolute atomic E-state index is 13.3.